The predicted octanol–water partition coefficient (Wildman–Crippen LogP) is 2.63. The third kappa shape index (κ3) is 3.45. The van der Waals surface area contributed by atoms with Gasteiger partial charge in [-0.1, -0.05) is 48.0 Å². The first-order valence-corrected chi connectivity index (χ1v) is 10.4. The molecule has 0 spiro atoms. The molecule has 0 saturated carbocycles. The molecule has 6 nitrogen and oxygen atoms in total. The molecule has 3 aromatic rings. The maximum absolute atomic E-state index is 12.9. The highest BCUT2D eigenvalue weighted by Gasteiger charge is 2.31. The molecule has 140 valence electrons. The van der Waals surface area contributed by atoms with Crippen molar-refractivity contribution in [3.05, 3.63) is 86.8 Å². The number of hydrogen-bond donors (Lipinski definition) is 1. The van der Waals surface area contributed by atoms with Crippen LogP contribution in [0.3, 0.4) is 0 Å². The van der Waals surface area contributed by atoms with E-state index in [1.165, 1.54) is 21.1 Å². The van der Waals surface area contributed by atoms with Crippen LogP contribution in [-0.2, 0) is 29.5 Å². The Bertz CT molecular complexity index is 1140. The van der Waals surface area contributed by atoms with E-state index in [2.05, 4.69) is 5.10 Å². The highest BCUT2D eigenvalue weighted by Crippen LogP contribution is 2.24. The van der Waals surface area contributed by atoms with Crippen LogP contribution >= 0.6 is 11.6 Å². The third-order valence-corrected chi connectivity index (χ3v) is 6.78. The molecule has 0 saturated heterocycles. The van der Waals surface area contributed by atoms with Gasteiger partial charge >= 0.3 is 0 Å². The zero-order valence-electron chi connectivity index (χ0n) is 14.4. The van der Waals surface area contributed by atoms with Crippen molar-refractivity contribution in [1.29, 1.82) is 0 Å². The second-order valence-electron chi connectivity index (χ2n) is 6.49. The van der Waals surface area contributed by atoms with E-state index in [0.717, 1.165) is 5.56 Å². The van der Waals surface area contributed by atoms with Crippen LogP contribution < -0.4 is 5.56 Å². The van der Waals surface area contributed by atoms with Crippen LogP contribution in [0.4, 0.5) is 0 Å². The number of aromatic amines is 1. The number of nitrogens with zero attached hydrogens (tertiary/aromatic N) is 2. The number of hydrogen-bond acceptors (Lipinski definition) is 3. The molecule has 0 amide bonds. The monoisotopic (exact) mass is 403 g/mol. The normalized spacial score (nSPS) is 14.9. The van der Waals surface area contributed by atoms with E-state index in [1.54, 1.807) is 12.1 Å². The van der Waals surface area contributed by atoms with Gasteiger partial charge in [0.15, 0.2) is 0 Å². The molecule has 8 heteroatoms. The van der Waals surface area contributed by atoms with E-state index >= 15 is 0 Å². The minimum absolute atomic E-state index is 0.0892. The fourth-order valence-electron chi connectivity index (χ4n) is 3.31. The van der Waals surface area contributed by atoms with Crippen LogP contribution in [0.5, 0.6) is 0 Å². The summed E-state index contributed by atoms with van der Waals surface area (Å²) in [6.07, 6.45) is 0.381. The number of H-pyrrole nitrogens is 1. The van der Waals surface area contributed by atoms with Gasteiger partial charge in [-0.3, -0.25) is 9.89 Å². The minimum Gasteiger partial charge on any atom is -0.298 e. The molecule has 0 unspecified atom stereocenters. The average Bonchev–Trinajstić information content (AvgIpc) is 2.97. The molecule has 0 atom stereocenters. The Balaban J connectivity index is 1.62. The second-order valence-corrected chi connectivity index (χ2v) is 8.87. The highest BCUT2D eigenvalue weighted by molar-refractivity contribution is 7.89. The van der Waals surface area contributed by atoms with Gasteiger partial charge in [-0.05, 0) is 30.2 Å². The molecular weight excluding hydrogens is 386 g/mol. The summed E-state index contributed by atoms with van der Waals surface area (Å²) in [4.78, 5) is 12.8. The van der Waals surface area contributed by atoms with Crippen molar-refractivity contribution in [1.82, 2.24) is 14.1 Å². The smallest absolute Gasteiger partial charge is 0.270 e. The van der Waals surface area contributed by atoms with E-state index in [0.29, 0.717) is 29.2 Å². The fourth-order valence-corrected chi connectivity index (χ4v) is 5.02. The van der Waals surface area contributed by atoms with Gasteiger partial charge in [0.1, 0.15) is 0 Å². The van der Waals surface area contributed by atoms with Gasteiger partial charge in [-0.2, -0.15) is 4.31 Å². The van der Waals surface area contributed by atoms with Crippen LogP contribution in [0.25, 0.3) is 0 Å². The number of halogens is 1. The molecule has 4 rings (SSSR count). The first-order valence-electron chi connectivity index (χ1n) is 8.55. The number of aromatic nitrogens is 2. The average molecular weight is 404 g/mol. The molecule has 0 bridgehead atoms. The Kier molecular flexibility index (Phi) is 4.67. The van der Waals surface area contributed by atoms with Crippen molar-refractivity contribution >= 4 is 21.6 Å². The lowest BCUT2D eigenvalue weighted by Gasteiger charge is -2.25. The van der Waals surface area contributed by atoms with Crippen LogP contribution in [0.1, 0.15) is 16.8 Å². The van der Waals surface area contributed by atoms with E-state index in [9.17, 15) is 13.2 Å². The van der Waals surface area contributed by atoms with Crippen molar-refractivity contribution in [2.75, 3.05) is 6.54 Å². The predicted molar refractivity (Wildman–Crippen MR) is 103 cm³/mol. The van der Waals surface area contributed by atoms with Gasteiger partial charge in [-0.25, -0.2) is 13.1 Å². The molecule has 1 aliphatic heterocycles. The maximum atomic E-state index is 12.9. The molecule has 0 fully saturated rings. The first kappa shape index (κ1) is 18.0. The summed E-state index contributed by atoms with van der Waals surface area (Å²) in [5, 5.41) is 3.46. The molecule has 1 aliphatic rings. The van der Waals surface area contributed by atoms with Crippen LogP contribution in [0.15, 0.2) is 64.3 Å². The summed E-state index contributed by atoms with van der Waals surface area (Å²) < 4.78 is 28.7. The standard InChI is InChI=1S/C19H18ClN3O3S/c20-15-7-4-8-16(11-15)27(25,26)22-10-9-17-18(13-22)21-23(19(17)24)12-14-5-2-1-3-6-14/h1-8,11,21H,9-10,12-13H2. The fraction of sp³-hybridized carbons (Fsp3) is 0.211. The topological polar surface area (TPSA) is 75.2 Å². The molecule has 2 heterocycles. The number of rotatable bonds is 4. The SMILES string of the molecule is O=c1c2c([nH]n1Cc1ccccc1)CN(S(=O)(=O)c1cccc(Cl)c1)CC2. The van der Waals surface area contributed by atoms with Gasteiger partial charge in [-0.15, -0.1) is 0 Å². The Labute approximate surface area is 162 Å². The lowest BCUT2D eigenvalue weighted by Crippen LogP contribution is -2.37. The summed E-state index contributed by atoms with van der Waals surface area (Å²) in [6, 6.07) is 15.9. The summed E-state index contributed by atoms with van der Waals surface area (Å²) in [5.41, 5.74) is 2.21. The first-order chi connectivity index (χ1) is 12.9. The van der Waals surface area contributed by atoms with E-state index in [4.69, 9.17) is 11.6 Å². The number of fused-ring (bicyclic) bond motifs is 1. The molecule has 1 N–H and O–H groups in total. The van der Waals surface area contributed by atoms with Gasteiger partial charge in [0.2, 0.25) is 10.0 Å². The molecule has 1 aromatic heterocycles. The van der Waals surface area contributed by atoms with E-state index < -0.39 is 10.0 Å². The van der Waals surface area contributed by atoms with Gasteiger partial charge in [0.25, 0.3) is 5.56 Å². The van der Waals surface area contributed by atoms with Crippen LogP contribution in [0, 0.1) is 0 Å². The van der Waals surface area contributed by atoms with Crippen molar-refractivity contribution in [3.63, 3.8) is 0 Å². The van der Waals surface area contributed by atoms with Crippen molar-refractivity contribution in [2.24, 2.45) is 0 Å². The van der Waals surface area contributed by atoms with Gasteiger partial charge in [0, 0.05) is 17.1 Å². The summed E-state index contributed by atoms with van der Waals surface area (Å²) >= 11 is 5.94. The zero-order chi connectivity index (χ0) is 19.0. The van der Waals surface area contributed by atoms with E-state index in [1.807, 2.05) is 30.3 Å². The summed E-state index contributed by atoms with van der Waals surface area (Å²) in [5.74, 6) is 0. The van der Waals surface area contributed by atoms with E-state index in [-0.39, 0.29) is 23.5 Å². The van der Waals surface area contributed by atoms with Gasteiger partial charge in [0.05, 0.1) is 23.7 Å². The third-order valence-electron chi connectivity index (χ3n) is 4.70. The minimum atomic E-state index is -3.67. The molecular formula is C19H18ClN3O3S. The Hall–Kier alpha value is -2.35. The second kappa shape index (κ2) is 6.99. The van der Waals surface area contributed by atoms with Crippen molar-refractivity contribution in [2.45, 2.75) is 24.4 Å². The lowest BCUT2D eigenvalue weighted by molar-refractivity contribution is 0.386. The van der Waals surface area contributed by atoms with Crippen LogP contribution in [-0.4, -0.2) is 29.0 Å². The zero-order valence-corrected chi connectivity index (χ0v) is 16.0. The maximum Gasteiger partial charge on any atom is 0.270 e. The molecule has 0 aliphatic carbocycles. The molecule has 2 aromatic carbocycles. The molecule has 0 radical (unpaired) electrons. The van der Waals surface area contributed by atoms with Crippen molar-refractivity contribution in [3.8, 4) is 0 Å². The lowest BCUT2D eigenvalue weighted by atomic mass is 10.1. The Morgan fingerprint density at radius 3 is 2.59 bits per heavy atom. The molecule has 27 heavy (non-hydrogen) atoms. The quantitative estimate of drug-likeness (QED) is 0.727. The summed E-state index contributed by atoms with van der Waals surface area (Å²) in [6.45, 7) is 0.829. The largest absolute Gasteiger partial charge is 0.298 e. The Morgan fingerprint density at radius 1 is 1.07 bits per heavy atom. The van der Waals surface area contributed by atoms with Crippen molar-refractivity contribution < 1.29 is 8.42 Å². The number of benzene rings is 2. The number of nitrogens with one attached hydrogen (secondary N) is 1. The Morgan fingerprint density at radius 2 is 1.85 bits per heavy atom. The number of sulfonamides is 1. The van der Waals surface area contributed by atoms with Crippen LogP contribution in [0.2, 0.25) is 5.02 Å². The highest BCUT2D eigenvalue weighted by atomic mass is 35.5. The van der Waals surface area contributed by atoms with Gasteiger partial charge < -0.3 is 0 Å². The summed E-state index contributed by atoms with van der Waals surface area (Å²) in [7, 11) is -3.67.